The molecule has 2 fully saturated rings. The minimum Gasteiger partial charge on any atom is -0.390 e. The lowest BCUT2D eigenvalue weighted by Gasteiger charge is -2.41. The van der Waals surface area contributed by atoms with E-state index in [0.717, 1.165) is 32.7 Å². The number of thioether (sulfide) groups is 1. The van der Waals surface area contributed by atoms with E-state index in [-0.39, 0.29) is 80.2 Å². The maximum atomic E-state index is 15.5. The molecule has 0 spiro atoms. The molecule has 0 aromatic carbocycles. The number of carbonyl (C=O) groups excluding carboxylic acids is 11. The van der Waals surface area contributed by atoms with Gasteiger partial charge in [-0.15, -0.1) is 11.8 Å². The van der Waals surface area contributed by atoms with Crippen LogP contribution in [0.2, 0.25) is 0 Å². The smallest absolute Gasteiger partial charge is 0.256 e. The molecule has 2 heterocycles. The average molecular weight is 1370 g/mol. The second-order valence-corrected chi connectivity index (χ2v) is 31.6. The van der Waals surface area contributed by atoms with Crippen molar-refractivity contribution in [2.45, 2.75) is 236 Å². The van der Waals surface area contributed by atoms with Crippen molar-refractivity contribution in [3.8, 4) is 0 Å². The van der Waals surface area contributed by atoms with Crippen molar-refractivity contribution >= 4 is 76.4 Å². The van der Waals surface area contributed by atoms with Crippen LogP contribution in [0, 0.1) is 59.2 Å². The zero-order valence-corrected chi connectivity index (χ0v) is 64.6. The fourth-order valence-corrected chi connectivity index (χ4v) is 14.4. The highest BCUT2D eigenvalue weighted by Crippen LogP contribution is 2.31. The van der Waals surface area contributed by atoms with Crippen LogP contribution < -0.4 is 5.32 Å². The van der Waals surface area contributed by atoms with Crippen molar-refractivity contribution in [3.63, 3.8) is 0 Å². The average Bonchev–Trinajstić information content (AvgIpc) is 0.819. The number of rotatable bonds is 20. The number of hydrogen-bond acceptors (Lipinski definition) is 15. The van der Waals surface area contributed by atoms with E-state index in [0.29, 0.717) is 18.6 Å². The maximum absolute atomic E-state index is 15.5. The Labute approximate surface area is 582 Å². The number of nitrogens with zero attached hydrogens (tertiary/aromatic N) is 9. The first-order valence-electron chi connectivity index (χ1n) is 35.7. The summed E-state index contributed by atoms with van der Waals surface area (Å²) in [4.78, 5) is 179. The monoisotopic (exact) mass is 1370 g/mol. The van der Waals surface area contributed by atoms with Gasteiger partial charge >= 0.3 is 0 Å². The molecule has 2 aliphatic heterocycles. The van der Waals surface area contributed by atoms with Gasteiger partial charge in [-0.25, -0.2) is 0 Å². The van der Waals surface area contributed by atoms with Crippen LogP contribution in [0.25, 0.3) is 0 Å². The highest BCUT2D eigenvalue weighted by molar-refractivity contribution is 8.00. The molecule has 2 aliphatic rings. The zero-order chi connectivity index (χ0) is 73.7. The predicted octanol–water partition coefficient (Wildman–Crippen LogP) is 7.24. The van der Waals surface area contributed by atoms with Crippen LogP contribution in [0.4, 0.5) is 0 Å². The summed E-state index contributed by atoms with van der Waals surface area (Å²) < 4.78 is 0. The van der Waals surface area contributed by atoms with E-state index in [1.807, 2.05) is 88.3 Å². The first-order valence-corrected chi connectivity index (χ1v) is 36.7. The van der Waals surface area contributed by atoms with Crippen molar-refractivity contribution < 1.29 is 57.8 Å². The van der Waals surface area contributed by atoms with E-state index >= 15 is 33.6 Å². The Balaban J connectivity index is 3.10. The molecule has 0 saturated carbocycles. The molecule has 96 heavy (non-hydrogen) atoms. The van der Waals surface area contributed by atoms with Gasteiger partial charge in [-0.3, -0.25) is 52.7 Å². The van der Waals surface area contributed by atoms with Crippen molar-refractivity contribution in [2.75, 3.05) is 94.9 Å². The van der Waals surface area contributed by atoms with E-state index < -0.39 is 149 Å². The SMILES string of the molecule is C/C=C/C[C@@H](C)[C@@H](O)[C@@H]1C(=O)C[C@H](CC)C(=O)N(C)[C@H](SCCCN2CCN(C)CC2)C(=O)N(C)[C@@H](CC(C)C)C(=O)C[C@H](C(C)C)C(=O)N(C)[C@H](CC(C)C)C(=O)C[C@H](C)C(=O)N[C@@H](C)C(=O)N(C)[C@H](CC(C)C)C(=O)N(C)[C@H](CC(C)C)C(=O)N(C)[C@H](C(C)C)C(=O)N1C. The number of aliphatic hydroxyl groups excluding tert-OH is 1. The van der Waals surface area contributed by atoms with Gasteiger partial charge in [0, 0.05) is 113 Å². The largest absolute Gasteiger partial charge is 0.390 e. The Hall–Kier alpha value is -5.26. The molecular weight excluding hydrogens is 1240 g/mol. The van der Waals surface area contributed by atoms with Gasteiger partial charge in [0.25, 0.3) is 5.91 Å². The van der Waals surface area contributed by atoms with Gasteiger partial charge in [0.15, 0.2) is 22.7 Å². The quantitative estimate of drug-likeness (QED) is 0.0901. The van der Waals surface area contributed by atoms with E-state index in [9.17, 15) is 24.3 Å². The number of ketones is 3. The Morgan fingerprint density at radius 2 is 0.948 bits per heavy atom. The molecular formula is C73H130N10O12S. The number of Topliss-reactive ketones (excluding diaryl/α,β-unsaturated/α-hetero) is 3. The normalized spacial score (nSPS) is 27.6. The Kier molecular flexibility index (Phi) is 36.8. The number of likely N-dealkylation sites (N-methyl/N-ethyl adjacent to an activating group) is 8. The summed E-state index contributed by atoms with van der Waals surface area (Å²) in [5.74, 6) is -10.4. The molecule has 0 aromatic heterocycles. The lowest BCUT2D eigenvalue weighted by atomic mass is 9.84. The Morgan fingerprint density at radius 1 is 0.500 bits per heavy atom. The molecule has 0 unspecified atom stereocenters. The Bertz CT molecular complexity index is 2610. The fraction of sp³-hybridized carbons (Fsp3) is 0.822. The van der Waals surface area contributed by atoms with E-state index in [4.69, 9.17) is 0 Å². The topological polar surface area (TPSA) is 249 Å². The van der Waals surface area contributed by atoms with Crippen LogP contribution in [0.5, 0.6) is 0 Å². The van der Waals surface area contributed by atoms with Crippen LogP contribution in [-0.4, -0.2) is 262 Å². The van der Waals surface area contributed by atoms with E-state index in [1.165, 1.54) is 88.2 Å². The fourth-order valence-electron chi connectivity index (χ4n) is 13.3. The summed E-state index contributed by atoms with van der Waals surface area (Å²) in [6.07, 6.45) is 3.21. The molecule has 2 N–H and O–H groups in total. The molecule has 0 radical (unpaired) electrons. The number of piperazine rings is 1. The van der Waals surface area contributed by atoms with Crippen LogP contribution in [0.15, 0.2) is 12.2 Å². The van der Waals surface area contributed by atoms with Crippen LogP contribution in [0.1, 0.15) is 182 Å². The van der Waals surface area contributed by atoms with Gasteiger partial charge in [0.1, 0.15) is 30.2 Å². The maximum Gasteiger partial charge on any atom is 0.256 e. The van der Waals surface area contributed by atoms with Gasteiger partial charge in [-0.2, -0.15) is 0 Å². The predicted molar refractivity (Wildman–Crippen MR) is 382 cm³/mol. The number of nitrogens with one attached hydrogen (secondary N) is 1. The number of aliphatic hydroxyl groups is 1. The molecule has 13 atom stereocenters. The summed E-state index contributed by atoms with van der Waals surface area (Å²) in [7, 11) is 12.6. The third-order valence-corrected chi connectivity index (χ3v) is 21.0. The van der Waals surface area contributed by atoms with E-state index in [2.05, 4.69) is 22.2 Å². The summed E-state index contributed by atoms with van der Waals surface area (Å²) >= 11 is 1.27. The Morgan fingerprint density at radius 3 is 1.42 bits per heavy atom. The van der Waals surface area contributed by atoms with Gasteiger partial charge in [-0.1, -0.05) is 116 Å². The third kappa shape index (κ3) is 24.9. The van der Waals surface area contributed by atoms with Crippen molar-refractivity contribution in [1.29, 1.82) is 0 Å². The molecule has 0 aromatic rings. The molecule has 2 rings (SSSR count). The lowest BCUT2D eigenvalue weighted by molar-refractivity contribution is -0.157. The highest BCUT2D eigenvalue weighted by Gasteiger charge is 2.46. The zero-order valence-electron chi connectivity index (χ0n) is 63.8. The molecule has 0 aliphatic carbocycles. The molecule has 2 saturated heterocycles. The summed E-state index contributed by atoms with van der Waals surface area (Å²) in [6.45, 7) is 35.3. The van der Waals surface area contributed by atoms with E-state index in [1.54, 1.807) is 48.7 Å². The number of hydrogen-bond donors (Lipinski definition) is 2. The number of carbonyl (C=O) groups is 11. The minimum absolute atomic E-state index is 0.0763. The summed E-state index contributed by atoms with van der Waals surface area (Å²) in [6, 6.07) is -8.21. The molecule has 550 valence electrons. The third-order valence-electron chi connectivity index (χ3n) is 19.7. The lowest BCUT2D eigenvalue weighted by Crippen LogP contribution is -2.61. The molecule has 0 bridgehead atoms. The number of allylic oxidation sites excluding steroid dienone is 2. The van der Waals surface area contributed by atoms with Gasteiger partial charge in [0.05, 0.1) is 18.2 Å². The van der Waals surface area contributed by atoms with Crippen LogP contribution >= 0.6 is 11.8 Å². The van der Waals surface area contributed by atoms with Crippen LogP contribution in [-0.2, 0) is 52.7 Å². The number of amides is 8. The molecule has 22 nitrogen and oxygen atoms in total. The van der Waals surface area contributed by atoms with Gasteiger partial charge in [-0.05, 0) is 120 Å². The first-order chi connectivity index (χ1) is 44.6. The highest BCUT2D eigenvalue weighted by atomic mass is 32.2. The van der Waals surface area contributed by atoms with Crippen molar-refractivity contribution in [3.05, 3.63) is 12.2 Å². The standard InChI is InChI=1S/C73H130N10O12S/c1-26-28-30-50(15)64(87)63-61(86)42-53(27-2)67(90)82(25)73(96-36-29-31-83-34-32-75(18)33-35-83)72(95)77(20)56(38-45(5)6)60(85)43-54(48(11)12)68(91)76(19)55(37-44(3)4)59(84)41-51(16)65(88)74-52(17)66(89)78(21)57(39-46(7)8)69(92)79(22)58(40-47(9)10)70(93)80(23)62(49(13)14)71(94)81(63)24/h26,28,44-58,62-64,73,87H,27,29-43H2,1-25H3,(H,74,88)/b28-26+/t50-,51+,52+,53+,54-,55-,56+,57-,58-,62-,63+,64-,73-/m1/s1. The minimum atomic E-state index is -1.51. The van der Waals surface area contributed by atoms with Crippen molar-refractivity contribution in [1.82, 2.24) is 49.4 Å². The second kappa shape index (κ2) is 40.7. The van der Waals surface area contributed by atoms with Gasteiger partial charge in [0.2, 0.25) is 41.4 Å². The summed E-state index contributed by atoms with van der Waals surface area (Å²) in [5, 5.41) is 14.0. The van der Waals surface area contributed by atoms with Crippen LogP contribution in [0.3, 0.4) is 0 Å². The molecule has 8 amide bonds. The van der Waals surface area contributed by atoms with Crippen molar-refractivity contribution in [2.24, 2.45) is 59.2 Å². The second-order valence-electron chi connectivity index (χ2n) is 30.5. The summed E-state index contributed by atoms with van der Waals surface area (Å²) in [5.41, 5.74) is 0. The molecule has 23 heteroatoms. The van der Waals surface area contributed by atoms with Gasteiger partial charge < -0.3 is 54.5 Å². The first kappa shape index (κ1) is 86.8.